The highest BCUT2D eigenvalue weighted by molar-refractivity contribution is 5.95. The fraction of sp³-hybridized carbons (Fsp3) is 0.938. The third-order valence-corrected chi connectivity index (χ3v) is 14.3. The summed E-state index contributed by atoms with van der Waals surface area (Å²) in [5, 5.41) is 12.2. The Morgan fingerprint density at radius 2 is 1.54 bits per heavy atom. The molecule has 4 unspecified atom stereocenters. The Balaban J connectivity index is 1.45. The zero-order valence-corrected chi connectivity index (χ0v) is 24.7. The monoisotopic (exact) mass is 514 g/mol. The molecule has 5 aliphatic carbocycles. The second-order valence-electron chi connectivity index (χ2n) is 16.5. The third-order valence-electron chi connectivity index (χ3n) is 14.3. The van der Waals surface area contributed by atoms with E-state index in [0.29, 0.717) is 0 Å². The van der Waals surface area contributed by atoms with Crippen molar-refractivity contribution in [2.45, 2.75) is 138 Å². The summed E-state index contributed by atoms with van der Waals surface area (Å²) < 4.78 is 12.8. The number of esters is 1. The van der Waals surface area contributed by atoms with Crippen molar-refractivity contribution in [2.24, 2.45) is 50.2 Å². The molecule has 6 rings (SSSR count). The van der Waals surface area contributed by atoms with E-state index in [0.717, 1.165) is 51.4 Å². The Morgan fingerprint density at radius 1 is 0.892 bits per heavy atom. The molecule has 0 aromatic rings. The van der Waals surface area contributed by atoms with E-state index in [4.69, 9.17) is 9.47 Å². The van der Waals surface area contributed by atoms with Crippen LogP contribution in [0.15, 0.2) is 0 Å². The van der Waals surface area contributed by atoms with Crippen LogP contribution in [0.5, 0.6) is 0 Å². The summed E-state index contributed by atoms with van der Waals surface area (Å²) in [6, 6.07) is 0. The highest BCUT2D eigenvalue weighted by Gasteiger charge is 2.85. The molecule has 5 nitrogen and oxygen atoms in total. The number of ketones is 1. The smallest absolute Gasteiger partial charge is 0.302 e. The Labute approximate surface area is 223 Å². The lowest BCUT2D eigenvalue weighted by Gasteiger charge is -2.81. The summed E-state index contributed by atoms with van der Waals surface area (Å²) in [5.74, 6) is 0.0899. The number of fused-ring (bicyclic) bond motifs is 4. The predicted molar refractivity (Wildman–Crippen MR) is 142 cm³/mol. The van der Waals surface area contributed by atoms with Gasteiger partial charge in [-0.2, -0.15) is 0 Å². The molecule has 1 N–H and O–H groups in total. The van der Waals surface area contributed by atoms with Gasteiger partial charge in [-0.25, -0.2) is 0 Å². The minimum absolute atomic E-state index is 0.0239. The minimum atomic E-state index is -1.01. The van der Waals surface area contributed by atoms with Crippen LogP contribution in [0.3, 0.4) is 0 Å². The van der Waals surface area contributed by atoms with E-state index in [1.807, 2.05) is 0 Å². The van der Waals surface area contributed by atoms with Gasteiger partial charge in [0.05, 0.1) is 6.10 Å². The van der Waals surface area contributed by atoms with E-state index in [-0.39, 0.29) is 74.2 Å². The van der Waals surface area contributed by atoms with Crippen molar-refractivity contribution in [3.8, 4) is 0 Å². The minimum Gasteiger partial charge on any atom is -0.462 e. The van der Waals surface area contributed by atoms with Gasteiger partial charge in [-0.15, -0.1) is 0 Å². The van der Waals surface area contributed by atoms with Crippen molar-refractivity contribution in [3.63, 3.8) is 0 Å². The Kier molecular flexibility index (Phi) is 5.13. The van der Waals surface area contributed by atoms with E-state index < -0.39 is 11.7 Å². The van der Waals surface area contributed by atoms with Crippen LogP contribution in [0.2, 0.25) is 0 Å². The van der Waals surface area contributed by atoms with E-state index in [9.17, 15) is 14.7 Å². The average Bonchev–Trinajstić information content (AvgIpc) is 2.75. The summed E-state index contributed by atoms with van der Waals surface area (Å²) >= 11 is 0. The normalized spacial score (nSPS) is 57.1. The topological polar surface area (TPSA) is 72.8 Å². The first-order chi connectivity index (χ1) is 16.9. The highest BCUT2D eigenvalue weighted by Crippen LogP contribution is 2.81. The van der Waals surface area contributed by atoms with E-state index in [2.05, 4.69) is 55.4 Å². The highest BCUT2D eigenvalue weighted by atomic mass is 16.6. The molecular weight excluding hydrogens is 464 g/mol. The molecule has 0 radical (unpaired) electrons. The van der Waals surface area contributed by atoms with E-state index >= 15 is 0 Å². The zero-order valence-electron chi connectivity index (χ0n) is 24.7. The van der Waals surface area contributed by atoms with Gasteiger partial charge in [-0.3, -0.25) is 9.59 Å². The van der Waals surface area contributed by atoms with Crippen molar-refractivity contribution >= 4 is 11.8 Å². The summed E-state index contributed by atoms with van der Waals surface area (Å²) in [6.45, 7) is 20.1. The quantitative estimate of drug-likeness (QED) is 0.428. The number of hydrogen-bond donors (Lipinski definition) is 1. The molecule has 1 spiro atoms. The van der Waals surface area contributed by atoms with Gasteiger partial charge < -0.3 is 14.6 Å². The largest absolute Gasteiger partial charge is 0.462 e. The van der Waals surface area contributed by atoms with Crippen LogP contribution in [0.1, 0.15) is 114 Å². The van der Waals surface area contributed by atoms with E-state index in [1.54, 1.807) is 0 Å². The van der Waals surface area contributed by atoms with Gasteiger partial charge in [0, 0.05) is 29.6 Å². The molecule has 1 saturated heterocycles. The van der Waals surface area contributed by atoms with Gasteiger partial charge in [0.1, 0.15) is 17.8 Å². The Morgan fingerprint density at radius 3 is 2.19 bits per heavy atom. The van der Waals surface area contributed by atoms with Crippen LogP contribution in [0.25, 0.3) is 0 Å². The van der Waals surface area contributed by atoms with Crippen molar-refractivity contribution < 1.29 is 24.2 Å². The predicted octanol–water partition coefficient (Wildman–Crippen LogP) is 6.10. The fourth-order valence-corrected chi connectivity index (χ4v) is 12.1. The number of ether oxygens (including phenoxy) is 2. The third kappa shape index (κ3) is 2.75. The molecule has 6 fully saturated rings. The van der Waals surface area contributed by atoms with Crippen LogP contribution in [-0.4, -0.2) is 40.8 Å². The second kappa shape index (κ2) is 7.22. The lowest BCUT2D eigenvalue weighted by Crippen LogP contribution is -2.88. The van der Waals surface area contributed by atoms with Crippen molar-refractivity contribution in [3.05, 3.63) is 0 Å². The summed E-state index contributed by atoms with van der Waals surface area (Å²) in [7, 11) is 0. The number of aliphatic hydroxyl groups excluding tert-OH is 1. The molecule has 0 bridgehead atoms. The summed E-state index contributed by atoms with van der Waals surface area (Å²) in [6.07, 6.45) is 6.98. The maximum atomic E-state index is 14.7. The first-order valence-electron chi connectivity index (χ1n) is 15.0. The molecule has 5 heteroatoms. The first kappa shape index (κ1) is 26.3. The molecule has 1 heterocycles. The van der Waals surface area contributed by atoms with Gasteiger partial charge in [-0.05, 0) is 78.9 Å². The molecule has 1 aliphatic heterocycles. The van der Waals surface area contributed by atoms with Crippen LogP contribution < -0.4 is 0 Å². The lowest BCUT2D eigenvalue weighted by atomic mass is 9.28. The molecule has 0 aromatic heterocycles. The number of rotatable bonds is 1. The summed E-state index contributed by atoms with van der Waals surface area (Å²) in [5.41, 5.74) is -1.65. The van der Waals surface area contributed by atoms with E-state index in [1.165, 1.54) is 6.92 Å². The van der Waals surface area contributed by atoms with Gasteiger partial charge in [0.25, 0.3) is 0 Å². The number of aliphatic hydroxyl groups is 1. The molecule has 0 amide bonds. The average molecular weight is 515 g/mol. The number of carbonyl (C=O) groups excluding carboxylic acids is 2. The molecule has 0 aromatic carbocycles. The van der Waals surface area contributed by atoms with Crippen molar-refractivity contribution in [1.29, 1.82) is 0 Å². The van der Waals surface area contributed by atoms with Gasteiger partial charge >= 0.3 is 5.97 Å². The van der Waals surface area contributed by atoms with Crippen LogP contribution in [-0.2, 0) is 19.1 Å². The van der Waals surface area contributed by atoms with Gasteiger partial charge in [-0.1, -0.05) is 55.4 Å². The number of Topliss-reactive ketones (excluding diaryl/α,β-unsaturated/α-hetero) is 1. The molecule has 208 valence electrons. The molecule has 6 aliphatic rings. The maximum Gasteiger partial charge on any atom is 0.302 e. The van der Waals surface area contributed by atoms with Crippen LogP contribution in [0, 0.1) is 50.2 Å². The Hall–Kier alpha value is -0.940. The van der Waals surface area contributed by atoms with Crippen molar-refractivity contribution in [2.75, 3.05) is 0 Å². The van der Waals surface area contributed by atoms with Gasteiger partial charge in [0.15, 0.2) is 5.78 Å². The molecule has 11 atom stereocenters. The molecule has 5 saturated carbocycles. The second-order valence-corrected chi connectivity index (χ2v) is 16.5. The first-order valence-corrected chi connectivity index (χ1v) is 15.0. The fourth-order valence-electron chi connectivity index (χ4n) is 12.1. The standard InChI is InChI=1S/C32H50O5/c1-18(33)36-20-11-12-29(7)19(27(20,4)5)10-13-30(8)22(29)21(34)24(35)32-23-25(37-32)26(2,3)14-15-28(23,6)16-17-31(30,32)9/h19-23,25,34H,10-17H2,1-9H3/t19?,20-,21+,22?,23?,25?,28+,29-,30+,31-,32+/m0/s1. The summed E-state index contributed by atoms with van der Waals surface area (Å²) in [4.78, 5) is 26.6. The lowest BCUT2D eigenvalue weighted by molar-refractivity contribution is -0.413. The Bertz CT molecular complexity index is 1050. The van der Waals surface area contributed by atoms with Crippen molar-refractivity contribution in [1.82, 2.24) is 0 Å². The van der Waals surface area contributed by atoms with Gasteiger partial charge in [0.2, 0.25) is 0 Å². The zero-order chi connectivity index (χ0) is 27.2. The molecule has 37 heavy (non-hydrogen) atoms. The maximum absolute atomic E-state index is 14.7. The molecular formula is C32H50O5. The number of hydrogen-bond acceptors (Lipinski definition) is 5. The van der Waals surface area contributed by atoms with Crippen LogP contribution in [0.4, 0.5) is 0 Å². The number of carbonyl (C=O) groups is 2. The SMILES string of the molecule is CC(=O)O[C@H]1CC[C@@]2(C)C(CC[C@]3(C)C2[C@@H](O)C(=O)[C@]24OC5C2[C@](C)(CCC5(C)C)CC[C@@]34C)C1(C)C. The van der Waals surface area contributed by atoms with Crippen LogP contribution >= 0.6 is 0 Å².